The summed E-state index contributed by atoms with van der Waals surface area (Å²) in [6.07, 6.45) is 5.80. The number of anilines is 1. The van der Waals surface area contributed by atoms with Crippen molar-refractivity contribution < 1.29 is 9.53 Å². The monoisotopic (exact) mass is 263 g/mol. The zero-order chi connectivity index (χ0) is 14.0. The first-order chi connectivity index (χ1) is 8.87. The highest BCUT2D eigenvalue weighted by molar-refractivity contribution is 5.96. The SMILES string of the molecule is CC1(C)CCC(Oc2cnc(N)cc2C(N)=O)CC1. The summed E-state index contributed by atoms with van der Waals surface area (Å²) in [7, 11) is 0. The van der Waals surface area contributed by atoms with Crippen LogP contribution in [0.2, 0.25) is 0 Å². The van der Waals surface area contributed by atoms with E-state index in [-0.39, 0.29) is 11.9 Å². The van der Waals surface area contributed by atoms with E-state index in [2.05, 4.69) is 18.8 Å². The van der Waals surface area contributed by atoms with Gasteiger partial charge in [-0.25, -0.2) is 4.98 Å². The first-order valence-corrected chi connectivity index (χ1v) is 6.59. The van der Waals surface area contributed by atoms with Crippen molar-refractivity contribution >= 4 is 11.7 Å². The van der Waals surface area contributed by atoms with Crippen LogP contribution in [0, 0.1) is 5.41 Å². The summed E-state index contributed by atoms with van der Waals surface area (Å²) in [5, 5.41) is 0. The van der Waals surface area contributed by atoms with E-state index in [0.29, 0.717) is 16.7 Å². The number of rotatable bonds is 3. The molecule has 1 aromatic rings. The van der Waals surface area contributed by atoms with Crippen molar-refractivity contribution in [3.05, 3.63) is 17.8 Å². The van der Waals surface area contributed by atoms with E-state index < -0.39 is 5.91 Å². The normalized spacial score (nSPS) is 19.1. The van der Waals surface area contributed by atoms with Gasteiger partial charge in [-0.2, -0.15) is 0 Å². The van der Waals surface area contributed by atoms with Crippen molar-refractivity contribution in [1.29, 1.82) is 0 Å². The van der Waals surface area contributed by atoms with E-state index in [1.165, 1.54) is 12.3 Å². The molecule has 0 unspecified atom stereocenters. The second-order valence-electron chi connectivity index (χ2n) is 5.95. The number of hydrogen-bond acceptors (Lipinski definition) is 4. The third-order valence-electron chi connectivity index (χ3n) is 3.73. The van der Waals surface area contributed by atoms with Crippen LogP contribution in [0.4, 0.5) is 5.82 Å². The van der Waals surface area contributed by atoms with Gasteiger partial charge >= 0.3 is 0 Å². The summed E-state index contributed by atoms with van der Waals surface area (Å²) in [4.78, 5) is 15.3. The zero-order valence-corrected chi connectivity index (χ0v) is 11.5. The van der Waals surface area contributed by atoms with Crippen molar-refractivity contribution in [3.63, 3.8) is 0 Å². The Morgan fingerprint density at radius 1 is 1.42 bits per heavy atom. The number of amides is 1. The second kappa shape index (κ2) is 5.07. The highest BCUT2D eigenvalue weighted by Gasteiger charge is 2.28. The van der Waals surface area contributed by atoms with E-state index in [1.54, 1.807) is 0 Å². The van der Waals surface area contributed by atoms with Gasteiger partial charge in [0.25, 0.3) is 5.91 Å². The molecule has 1 aliphatic carbocycles. The van der Waals surface area contributed by atoms with E-state index in [1.807, 2.05) is 0 Å². The molecule has 1 aromatic heterocycles. The van der Waals surface area contributed by atoms with Crippen molar-refractivity contribution in [1.82, 2.24) is 4.98 Å². The summed E-state index contributed by atoms with van der Waals surface area (Å²) in [5.41, 5.74) is 11.6. The Morgan fingerprint density at radius 2 is 2.05 bits per heavy atom. The predicted molar refractivity (Wildman–Crippen MR) is 73.8 cm³/mol. The average Bonchev–Trinajstić information content (AvgIpc) is 2.33. The number of carbonyl (C=O) groups excluding carboxylic acids is 1. The first-order valence-electron chi connectivity index (χ1n) is 6.59. The Labute approximate surface area is 113 Å². The van der Waals surface area contributed by atoms with Crippen LogP contribution in [-0.2, 0) is 0 Å². The topological polar surface area (TPSA) is 91.2 Å². The number of nitrogens with two attached hydrogens (primary N) is 2. The predicted octanol–water partition coefficient (Wildman–Crippen LogP) is 2.11. The van der Waals surface area contributed by atoms with Gasteiger partial charge in [0.05, 0.1) is 17.9 Å². The zero-order valence-electron chi connectivity index (χ0n) is 11.5. The van der Waals surface area contributed by atoms with Gasteiger partial charge in [-0.3, -0.25) is 4.79 Å². The van der Waals surface area contributed by atoms with Crippen LogP contribution in [0.15, 0.2) is 12.3 Å². The third kappa shape index (κ3) is 3.36. The van der Waals surface area contributed by atoms with Crippen LogP contribution in [0.1, 0.15) is 49.9 Å². The quantitative estimate of drug-likeness (QED) is 0.873. The molecule has 1 saturated carbocycles. The lowest BCUT2D eigenvalue weighted by molar-refractivity contribution is 0.0921. The molecule has 0 radical (unpaired) electrons. The summed E-state index contributed by atoms with van der Waals surface area (Å²) in [5.74, 6) is 0.164. The molecule has 0 aliphatic heterocycles. The van der Waals surface area contributed by atoms with Gasteiger partial charge in [-0.05, 0) is 37.2 Å². The maximum Gasteiger partial charge on any atom is 0.252 e. The number of nitrogen functional groups attached to an aromatic ring is 1. The molecule has 0 saturated heterocycles. The van der Waals surface area contributed by atoms with Gasteiger partial charge in [0, 0.05) is 0 Å². The van der Waals surface area contributed by atoms with E-state index in [4.69, 9.17) is 16.2 Å². The molecule has 19 heavy (non-hydrogen) atoms. The fourth-order valence-electron chi connectivity index (χ4n) is 2.42. The minimum atomic E-state index is -0.541. The van der Waals surface area contributed by atoms with Crippen molar-refractivity contribution in [2.75, 3.05) is 5.73 Å². The molecule has 5 heteroatoms. The molecule has 0 atom stereocenters. The van der Waals surface area contributed by atoms with Gasteiger partial charge in [-0.1, -0.05) is 13.8 Å². The van der Waals surface area contributed by atoms with Gasteiger partial charge in [0.15, 0.2) is 5.75 Å². The molecule has 1 heterocycles. The average molecular weight is 263 g/mol. The molecule has 1 amide bonds. The summed E-state index contributed by atoms with van der Waals surface area (Å²) < 4.78 is 5.88. The maximum absolute atomic E-state index is 11.4. The molecule has 0 aromatic carbocycles. The van der Waals surface area contributed by atoms with Gasteiger partial charge < -0.3 is 16.2 Å². The highest BCUT2D eigenvalue weighted by atomic mass is 16.5. The van der Waals surface area contributed by atoms with Crippen molar-refractivity contribution in [3.8, 4) is 5.75 Å². The largest absolute Gasteiger partial charge is 0.488 e. The number of pyridine rings is 1. The van der Waals surface area contributed by atoms with E-state index >= 15 is 0 Å². The minimum absolute atomic E-state index is 0.122. The summed E-state index contributed by atoms with van der Waals surface area (Å²) >= 11 is 0. The van der Waals surface area contributed by atoms with Gasteiger partial charge in [0.1, 0.15) is 5.82 Å². The lowest BCUT2D eigenvalue weighted by Crippen LogP contribution is -2.29. The van der Waals surface area contributed by atoms with Crippen LogP contribution in [0.5, 0.6) is 5.75 Å². The molecule has 2 rings (SSSR count). The molecule has 4 N–H and O–H groups in total. The fraction of sp³-hybridized carbons (Fsp3) is 0.571. The number of ether oxygens (including phenoxy) is 1. The van der Waals surface area contributed by atoms with Gasteiger partial charge in [0.2, 0.25) is 0 Å². The Bertz CT molecular complexity index is 476. The number of aromatic nitrogens is 1. The maximum atomic E-state index is 11.4. The highest BCUT2D eigenvalue weighted by Crippen LogP contribution is 2.36. The Balaban J connectivity index is 2.10. The van der Waals surface area contributed by atoms with Crippen LogP contribution in [0.3, 0.4) is 0 Å². The summed E-state index contributed by atoms with van der Waals surface area (Å²) in [6, 6.07) is 1.46. The lowest BCUT2D eigenvalue weighted by Gasteiger charge is -2.34. The minimum Gasteiger partial charge on any atom is -0.488 e. The second-order valence-corrected chi connectivity index (χ2v) is 5.95. The number of primary amides is 1. The number of carbonyl (C=O) groups is 1. The van der Waals surface area contributed by atoms with E-state index in [9.17, 15) is 4.79 Å². The molecule has 0 spiro atoms. The summed E-state index contributed by atoms with van der Waals surface area (Å²) in [6.45, 7) is 4.53. The van der Waals surface area contributed by atoms with Crippen molar-refractivity contribution in [2.24, 2.45) is 11.1 Å². The lowest BCUT2D eigenvalue weighted by atomic mass is 9.76. The Morgan fingerprint density at radius 3 is 2.63 bits per heavy atom. The van der Waals surface area contributed by atoms with Crippen molar-refractivity contribution in [2.45, 2.75) is 45.6 Å². The molecule has 1 aliphatic rings. The third-order valence-corrected chi connectivity index (χ3v) is 3.73. The first kappa shape index (κ1) is 13.6. The van der Waals surface area contributed by atoms with Crippen LogP contribution in [-0.4, -0.2) is 17.0 Å². The Hall–Kier alpha value is -1.78. The van der Waals surface area contributed by atoms with Gasteiger partial charge in [-0.15, -0.1) is 0 Å². The fourth-order valence-corrected chi connectivity index (χ4v) is 2.42. The molecule has 1 fully saturated rings. The molecule has 0 bridgehead atoms. The van der Waals surface area contributed by atoms with E-state index in [0.717, 1.165) is 25.7 Å². The number of hydrogen-bond donors (Lipinski definition) is 2. The molecular weight excluding hydrogens is 242 g/mol. The number of nitrogens with zero attached hydrogens (tertiary/aromatic N) is 1. The van der Waals surface area contributed by atoms with Crippen LogP contribution in [0.25, 0.3) is 0 Å². The standard InChI is InChI=1S/C14H21N3O2/c1-14(2)5-3-9(4-6-14)19-11-8-17-12(15)7-10(11)13(16)18/h7-9H,3-6H2,1-2H3,(H2,15,17)(H2,16,18). The smallest absolute Gasteiger partial charge is 0.252 e. The molecular formula is C14H21N3O2. The molecule has 104 valence electrons. The molecule has 5 nitrogen and oxygen atoms in total. The van der Waals surface area contributed by atoms with Crippen LogP contribution >= 0.6 is 0 Å². The van der Waals surface area contributed by atoms with Crippen LogP contribution < -0.4 is 16.2 Å². The Kier molecular flexibility index (Phi) is 3.64.